The standard InChI is InChI=1S/C25H20ClN3O/c1-16-7-9-17(10-8-16)15-29-24(19-5-3-2-4-6-19)21-22(27-28-23(21)25(29)30)18-11-13-20(26)14-12-18/h2-14,24H,15H2,1H3,(H,27,28). The van der Waals surface area contributed by atoms with Gasteiger partial charge in [0.15, 0.2) is 0 Å². The van der Waals surface area contributed by atoms with E-state index in [1.54, 1.807) is 0 Å². The highest BCUT2D eigenvalue weighted by Gasteiger charge is 2.42. The van der Waals surface area contributed by atoms with Gasteiger partial charge in [-0.2, -0.15) is 5.10 Å². The number of fused-ring (bicyclic) bond motifs is 1. The van der Waals surface area contributed by atoms with Crippen LogP contribution in [0.5, 0.6) is 0 Å². The van der Waals surface area contributed by atoms with Gasteiger partial charge in [-0.25, -0.2) is 0 Å². The number of aryl methyl sites for hydroxylation is 1. The summed E-state index contributed by atoms with van der Waals surface area (Å²) >= 11 is 6.07. The van der Waals surface area contributed by atoms with E-state index in [1.165, 1.54) is 5.56 Å². The molecule has 0 saturated carbocycles. The molecule has 3 aromatic carbocycles. The number of nitrogens with zero attached hydrogens (tertiary/aromatic N) is 2. The van der Waals surface area contributed by atoms with Crippen molar-refractivity contribution >= 4 is 17.5 Å². The topological polar surface area (TPSA) is 49.0 Å². The molecule has 1 amide bonds. The molecule has 5 rings (SSSR count). The fourth-order valence-corrected chi connectivity index (χ4v) is 4.19. The number of hydrogen-bond acceptors (Lipinski definition) is 2. The van der Waals surface area contributed by atoms with Gasteiger partial charge in [-0.15, -0.1) is 0 Å². The monoisotopic (exact) mass is 413 g/mol. The average molecular weight is 414 g/mol. The van der Waals surface area contributed by atoms with E-state index < -0.39 is 0 Å². The molecule has 1 atom stereocenters. The summed E-state index contributed by atoms with van der Waals surface area (Å²) in [6.45, 7) is 2.59. The van der Waals surface area contributed by atoms with Crippen LogP contribution in [0.25, 0.3) is 11.3 Å². The van der Waals surface area contributed by atoms with Crippen molar-refractivity contribution in [3.05, 3.63) is 112 Å². The van der Waals surface area contributed by atoms with Crippen molar-refractivity contribution in [3.63, 3.8) is 0 Å². The van der Waals surface area contributed by atoms with Gasteiger partial charge >= 0.3 is 0 Å². The number of aromatic nitrogens is 2. The van der Waals surface area contributed by atoms with E-state index in [-0.39, 0.29) is 11.9 Å². The van der Waals surface area contributed by atoms with E-state index in [9.17, 15) is 4.79 Å². The van der Waals surface area contributed by atoms with Gasteiger partial charge in [-0.3, -0.25) is 9.89 Å². The number of benzene rings is 3. The Labute approximate surface area is 180 Å². The van der Waals surface area contributed by atoms with E-state index in [0.29, 0.717) is 17.3 Å². The van der Waals surface area contributed by atoms with Gasteiger partial charge in [-0.05, 0) is 30.2 Å². The first kappa shape index (κ1) is 18.6. The van der Waals surface area contributed by atoms with Crippen LogP contribution in [0.4, 0.5) is 0 Å². The summed E-state index contributed by atoms with van der Waals surface area (Å²) < 4.78 is 0. The maximum atomic E-state index is 13.4. The normalized spacial score (nSPS) is 15.5. The molecular weight excluding hydrogens is 394 g/mol. The molecule has 1 aliphatic rings. The van der Waals surface area contributed by atoms with Crippen molar-refractivity contribution in [2.45, 2.75) is 19.5 Å². The Morgan fingerprint density at radius 3 is 2.37 bits per heavy atom. The number of carbonyl (C=O) groups excluding carboxylic acids is 1. The van der Waals surface area contributed by atoms with E-state index in [4.69, 9.17) is 11.6 Å². The maximum Gasteiger partial charge on any atom is 0.273 e. The van der Waals surface area contributed by atoms with Crippen LogP contribution in [-0.2, 0) is 6.54 Å². The minimum absolute atomic E-state index is 0.0351. The van der Waals surface area contributed by atoms with Crippen LogP contribution in [0.3, 0.4) is 0 Å². The first-order valence-electron chi connectivity index (χ1n) is 9.87. The van der Waals surface area contributed by atoms with E-state index in [0.717, 1.165) is 27.9 Å². The second-order valence-electron chi connectivity index (χ2n) is 7.60. The Bertz CT molecular complexity index is 1200. The van der Waals surface area contributed by atoms with Gasteiger partial charge in [0.05, 0.1) is 11.7 Å². The zero-order chi connectivity index (χ0) is 20.7. The molecule has 1 N–H and O–H groups in total. The Morgan fingerprint density at radius 2 is 1.67 bits per heavy atom. The van der Waals surface area contributed by atoms with Crippen LogP contribution in [0.1, 0.15) is 38.8 Å². The highest BCUT2D eigenvalue weighted by Crippen LogP contribution is 2.43. The van der Waals surface area contributed by atoms with Gasteiger partial charge in [-0.1, -0.05) is 83.9 Å². The van der Waals surface area contributed by atoms with Gasteiger partial charge in [0, 0.05) is 22.7 Å². The molecule has 0 spiro atoms. The summed E-state index contributed by atoms with van der Waals surface area (Å²) in [7, 11) is 0. The quantitative estimate of drug-likeness (QED) is 0.460. The molecule has 0 aliphatic carbocycles. The molecule has 5 heteroatoms. The van der Waals surface area contributed by atoms with Crippen molar-refractivity contribution in [2.75, 3.05) is 0 Å². The molecule has 1 unspecified atom stereocenters. The summed E-state index contributed by atoms with van der Waals surface area (Å²) in [5.41, 5.74) is 6.56. The highest BCUT2D eigenvalue weighted by molar-refractivity contribution is 6.30. The largest absolute Gasteiger partial charge is 0.322 e. The van der Waals surface area contributed by atoms with Gasteiger partial charge in [0.25, 0.3) is 5.91 Å². The molecular formula is C25H20ClN3O. The first-order chi connectivity index (χ1) is 14.6. The lowest BCUT2D eigenvalue weighted by Crippen LogP contribution is -2.29. The maximum absolute atomic E-state index is 13.4. The van der Waals surface area contributed by atoms with Crippen LogP contribution >= 0.6 is 11.6 Å². The zero-order valence-electron chi connectivity index (χ0n) is 16.5. The lowest BCUT2D eigenvalue weighted by Gasteiger charge is -2.26. The number of carbonyl (C=O) groups is 1. The zero-order valence-corrected chi connectivity index (χ0v) is 17.2. The number of aromatic amines is 1. The molecule has 0 bridgehead atoms. The summed E-state index contributed by atoms with van der Waals surface area (Å²) in [5, 5.41) is 8.17. The van der Waals surface area contributed by atoms with Crippen LogP contribution < -0.4 is 0 Å². The fraction of sp³-hybridized carbons (Fsp3) is 0.120. The molecule has 30 heavy (non-hydrogen) atoms. The lowest BCUT2D eigenvalue weighted by molar-refractivity contribution is 0.0730. The third-order valence-corrected chi connectivity index (χ3v) is 5.82. The Morgan fingerprint density at radius 1 is 0.967 bits per heavy atom. The minimum atomic E-state index is -0.209. The average Bonchev–Trinajstić information content (AvgIpc) is 3.30. The summed E-state index contributed by atoms with van der Waals surface area (Å²) in [6, 6.07) is 25.8. The SMILES string of the molecule is Cc1ccc(CN2C(=O)c3[nH]nc(-c4ccc(Cl)cc4)c3C2c2ccccc2)cc1. The third-order valence-electron chi connectivity index (χ3n) is 5.57. The van der Waals surface area contributed by atoms with Crippen LogP contribution in [-0.4, -0.2) is 21.0 Å². The van der Waals surface area contributed by atoms with Gasteiger partial charge in [0.2, 0.25) is 0 Å². The van der Waals surface area contributed by atoms with Crippen molar-refractivity contribution in [1.29, 1.82) is 0 Å². The Balaban J connectivity index is 1.62. The Hall–Kier alpha value is -3.37. The fourth-order valence-electron chi connectivity index (χ4n) is 4.06. The minimum Gasteiger partial charge on any atom is -0.322 e. The molecule has 0 fully saturated rings. The van der Waals surface area contributed by atoms with E-state index in [1.807, 2.05) is 47.4 Å². The Kier molecular flexibility index (Phi) is 4.64. The summed E-state index contributed by atoms with van der Waals surface area (Å²) in [4.78, 5) is 15.3. The molecule has 2 heterocycles. The molecule has 0 saturated heterocycles. The molecule has 4 aromatic rings. The van der Waals surface area contributed by atoms with E-state index >= 15 is 0 Å². The molecule has 0 radical (unpaired) electrons. The number of halogens is 1. The second kappa shape index (κ2) is 7.47. The molecule has 1 aliphatic heterocycles. The van der Waals surface area contributed by atoms with Crippen molar-refractivity contribution in [2.24, 2.45) is 0 Å². The van der Waals surface area contributed by atoms with Crippen LogP contribution in [0.2, 0.25) is 5.02 Å². The molecule has 4 nitrogen and oxygen atoms in total. The predicted octanol–water partition coefficient (Wildman–Crippen LogP) is 5.78. The first-order valence-corrected chi connectivity index (χ1v) is 10.3. The predicted molar refractivity (Wildman–Crippen MR) is 118 cm³/mol. The summed E-state index contributed by atoms with van der Waals surface area (Å²) in [6.07, 6.45) is 0. The van der Waals surface area contributed by atoms with E-state index in [2.05, 4.69) is 53.5 Å². The summed E-state index contributed by atoms with van der Waals surface area (Å²) in [5.74, 6) is -0.0351. The molecule has 148 valence electrons. The van der Waals surface area contributed by atoms with Crippen molar-refractivity contribution in [3.8, 4) is 11.3 Å². The van der Waals surface area contributed by atoms with Crippen molar-refractivity contribution < 1.29 is 4.79 Å². The van der Waals surface area contributed by atoms with Crippen molar-refractivity contribution in [1.82, 2.24) is 15.1 Å². The number of nitrogens with one attached hydrogen (secondary N) is 1. The van der Waals surface area contributed by atoms with Crippen LogP contribution in [0.15, 0.2) is 78.9 Å². The number of rotatable bonds is 4. The number of amides is 1. The number of hydrogen-bond donors (Lipinski definition) is 1. The molecule has 1 aromatic heterocycles. The third kappa shape index (κ3) is 3.19. The van der Waals surface area contributed by atoms with Gasteiger partial charge in [0.1, 0.15) is 5.69 Å². The smallest absolute Gasteiger partial charge is 0.273 e. The van der Waals surface area contributed by atoms with Gasteiger partial charge < -0.3 is 4.90 Å². The number of H-pyrrole nitrogens is 1. The lowest BCUT2D eigenvalue weighted by atomic mass is 9.96. The highest BCUT2D eigenvalue weighted by atomic mass is 35.5. The van der Waals surface area contributed by atoms with Crippen LogP contribution in [0, 0.1) is 6.92 Å². The second-order valence-corrected chi connectivity index (χ2v) is 8.04.